The van der Waals surface area contributed by atoms with Crippen molar-refractivity contribution in [1.82, 2.24) is 9.55 Å². The maximum absolute atomic E-state index is 5.28. The summed E-state index contributed by atoms with van der Waals surface area (Å²) >= 11 is 7.09. The SMILES string of the molecule is Cc1c[nH]c(=S)n1CC(C)(C)c1cccs1. The van der Waals surface area contributed by atoms with E-state index in [1.165, 1.54) is 10.6 Å². The molecule has 2 aromatic rings. The second-order valence-electron chi connectivity index (χ2n) is 4.68. The number of hydrogen-bond donors (Lipinski definition) is 1. The van der Waals surface area contributed by atoms with Crippen LogP contribution in [0, 0.1) is 11.7 Å². The fourth-order valence-corrected chi connectivity index (χ4v) is 2.93. The highest BCUT2D eigenvalue weighted by atomic mass is 32.1. The Morgan fingerprint density at radius 2 is 2.25 bits per heavy atom. The second kappa shape index (κ2) is 4.18. The van der Waals surface area contributed by atoms with Gasteiger partial charge in [-0.3, -0.25) is 0 Å². The van der Waals surface area contributed by atoms with Gasteiger partial charge in [-0.05, 0) is 30.6 Å². The molecular formula is C12H16N2S2. The molecule has 2 heterocycles. The zero-order valence-electron chi connectivity index (χ0n) is 9.78. The van der Waals surface area contributed by atoms with E-state index in [1.54, 1.807) is 11.3 Å². The smallest absolute Gasteiger partial charge is 0.177 e. The number of imidazole rings is 1. The van der Waals surface area contributed by atoms with Crippen molar-refractivity contribution >= 4 is 23.6 Å². The van der Waals surface area contributed by atoms with Gasteiger partial charge >= 0.3 is 0 Å². The van der Waals surface area contributed by atoms with Crippen LogP contribution in [0.15, 0.2) is 23.7 Å². The second-order valence-corrected chi connectivity index (χ2v) is 6.02. The maximum Gasteiger partial charge on any atom is 0.177 e. The highest BCUT2D eigenvalue weighted by Gasteiger charge is 2.23. The molecule has 0 spiro atoms. The Morgan fingerprint density at radius 3 is 2.75 bits per heavy atom. The van der Waals surface area contributed by atoms with Crippen LogP contribution in [0.2, 0.25) is 0 Å². The summed E-state index contributed by atoms with van der Waals surface area (Å²) in [4.78, 5) is 4.48. The molecule has 0 amide bonds. The number of nitrogens with one attached hydrogen (secondary N) is 1. The summed E-state index contributed by atoms with van der Waals surface area (Å²) in [6.45, 7) is 7.51. The molecule has 86 valence electrons. The summed E-state index contributed by atoms with van der Waals surface area (Å²) in [6.07, 6.45) is 1.97. The van der Waals surface area contributed by atoms with Crippen LogP contribution in [0.1, 0.15) is 24.4 Å². The molecule has 2 aromatic heterocycles. The summed E-state index contributed by atoms with van der Waals surface area (Å²) in [5.41, 5.74) is 1.31. The molecule has 0 aromatic carbocycles. The normalized spacial score (nSPS) is 11.9. The first-order chi connectivity index (χ1) is 7.50. The van der Waals surface area contributed by atoms with E-state index in [1.807, 2.05) is 6.20 Å². The molecule has 0 fully saturated rings. The molecule has 0 saturated heterocycles. The van der Waals surface area contributed by atoms with E-state index in [-0.39, 0.29) is 5.41 Å². The van der Waals surface area contributed by atoms with Crippen molar-refractivity contribution in [2.75, 3.05) is 0 Å². The lowest BCUT2D eigenvalue weighted by Gasteiger charge is -2.24. The molecule has 2 nitrogen and oxygen atoms in total. The van der Waals surface area contributed by atoms with Crippen LogP contribution >= 0.6 is 23.6 Å². The average Bonchev–Trinajstić information content (AvgIpc) is 2.83. The number of aromatic nitrogens is 2. The molecule has 1 N–H and O–H groups in total. The number of nitrogens with zero attached hydrogens (tertiary/aromatic N) is 1. The van der Waals surface area contributed by atoms with Crippen LogP contribution in [0.3, 0.4) is 0 Å². The molecule has 0 aliphatic rings. The number of H-pyrrole nitrogens is 1. The lowest BCUT2D eigenvalue weighted by atomic mass is 9.91. The zero-order chi connectivity index (χ0) is 11.8. The Bertz CT molecular complexity index is 517. The van der Waals surface area contributed by atoms with Crippen molar-refractivity contribution in [2.24, 2.45) is 0 Å². The predicted molar refractivity (Wildman–Crippen MR) is 71.7 cm³/mol. The van der Waals surface area contributed by atoms with E-state index in [0.717, 1.165) is 11.3 Å². The number of rotatable bonds is 3. The van der Waals surface area contributed by atoms with Crippen LogP contribution in [-0.4, -0.2) is 9.55 Å². The minimum absolute atomic E-state index is 0.124. The van der Waals surface area contributed by atoms with Crippen molar-refractivity contribution < 1.29 is 0 Å². The van der Waals surface area contributed by atoms with Gasteiger partial charge in [0.25, 0.3) is 0 Å². The first-order valence-electron chi connectivity index (χ1n) is 5.29. The largest absolute Gasteiger partial charge is 0.337 e. The molecule has 0 unspecified atom stereocenters. The van der Waals surface area contributed by atoms with Crippen molar-refractivity contribution in [3.05, 3.63) is 39.1 Å². The minimum atomic E-state index is 0.124. The molecule has 0 saturated carbocycles. The first-order valence-corrected chi connectivity index (χ1v) is 6.58. The Labute approximate surface area is 105 Å². The molecule has 2 rings (SSSR count). The standard InChI is InChI=1S/C12H16N2S2/c1-9-7-13-11(15)14(9)8-12(2,3)10-5-4-6-16-10/h4-7H,8H2,1-3H3,(H,13,15). The highest BCUT2D eigenvalue weighted by Crippen LogP contribution is 2.29. The highest BCUT2D eigenvalue weighted by molar-refractivity contribution is 7.71. The molecule has 16 heavy (non-hydrogen) atoms. The average molecular weight is 252 g/mol. The van der Waals surface area contributed by atoms with Gasteiger partial charge in [0.1, 0.15) is 0 Å². The van der Waals surface area contributed by atoms with Gasteiger partial charge in [-0.25, -0.2) is 0 Å². The number of hydrogen-bond acceptors (Lipinski definition) is 2. The van der Waals surface area contributed by atoms with Gasteiger partial charge in [0.05, 0.1) is 0 Å². The van der Waals surface area contributed by atoms with Gasteiger partial charge < -0.3 is 9.55 Å². The topological polar surface area (TPSA) is 20.7 Å². The van der Waals surface area contributed by atoms with Gasteiger partial charge in [0, 0.05) is 28.7 Å². The predicted octanol–water partition coefficient (Wildman–Crippen LogP) is 3.89. The molecule has 0 bridgehead atoms. The number of aryl methyl sites for hydroxylation is 1. The third kappa shape index (κ3) is 2.13. The first kappa shape index (κ1) is 11.6. The summed E-state index contributed by atoms with van der Waals surface area (Å²) in [7, 11) is 0. The molecule has 0 radical (unpaired) electrons. The summed E-state index contributed by atoms with van der Waals surface area (Å²) in [6, 6.07) is 4.29. The molecule has 0 aliphatic carbocycles. The van der Waals surface area contributed by atoms with Crippen molar-refractivity contribution in [2.45, 2.75) is 32.7 Å². The van der Waals surface area contributed by atoms with E-state index >= 15 is 0 Å². The van der Waals surface area contributed by atoms with Gasteiger partial charge in [0.15, 0.2) is 4.77 Å². The van der Waals surface area contributed by atoms with E-state index in [2.05, 4.69) is 47.8 Å². The molecule has 0 aliphatic heterocycles. The van der Waals surface area contributed by atoms with Crippen LogP contribution < -0.4 is 0 Å². The maximum atomic E-state index is 5.28. The summed E-state index contributed by atoms with van der Waals surface area (Å²) < 4.78 is 2.97. The van der Waals surface area contributed by atoms with Crippen LogP contribution in [0.4, 0.5) is 0 Å². The Morgan fingerprint density at radius 1 is 1.50 bits per heavy atom. The van der Waals surface area contributed by atoms with Gasteiger partial charge in [-0.1, -0.05) is 19.9 Å². The van der Waals surface area contributed by atoms with E-state index in [9.17, 15) is 0 Å². The van der Waals surface area contributed by atoms with Gasteiger partial charge in [-0.15, -0.1) is 11.3 Å². The van der Waals surface area contributed by atoms with Crippen LogP contribution in [0.5, 0.6) is 0 Å². The Kier molecular flexibility index (Phi) is 3.04. The fourth-order valence-electron chi connectivity index (χ4n) is 1.82. The van der Waals surface area contributed by atoms with E-state index in [0.29, 0.717) is 0 Å². The summed E-state index contributed by atoms with van der Waals surface area (Å²) in [5, 5.41) is 2.13. The van der Waals surface area contributed by atoms with Crippen LogP contribution in [-0.2, 0) is 12.0 Å². The number of aromatic amines is 1. The van der Waals surface area contributed by atoms with Gasteiger partial charge in [-0.2, -0.15) is 0 Å². The lowest BCUT2D eigenvalue weighted by Crippen LogP contribution is -2.24. The van der Waals surface area contributed by atoms with Gasteiger partial charge in [0.2, 0.25) is 0 Å². The van der Waals surface area contributed by atoms with E-state index in [4.69, 9.17) is 12.2 Å². The third-order valence-electron chi connectivity index (χ3n) is 2.82. The minimum Gasteiger partial charge on any atom is -0.337 e. The van der Waals surface area contributed by atoms with Crippen molar-refractivity contribution in [3.63, 3.8) is 0 Å². The third-order valence-corrected chi connectivity index (χ3v) is 4.39. The summed E-state index contributed by atoms with van der Waals surface area (Å²) in [5.74, 6) is 0. The number of thiophene rings is 1. The Balaban J connectivity index is 2.31. The van der Waals surface area contributed by atoms with Crippen molar-refractivity contribution in [1.29, 1.82) is 0 Å². The van der Waals surface area contributed by atoms with Crippen LogP contribution in [0.25, 0.3) is 0 Å². The monoisotopic (exact) mass is 252 g/mol. The molecular weight excluding hydrogens is 236 g/mol. The zero-order valence-corrected chi connectivity index (χ0v) is 11.4. The van der Waals surface area contributed by atoms with Crippen molar-refractivity contribution in [3.8, 4) is 0 Å². The molecule has 0 atom stereocenters. The lowest BCUT2D eigenvalue weighted by molar-refractivity contribution is 0.434. The Hall–Kier alpha value is -0.870. The molecule has 4 heteroatoms. The quantitative estimate of drug-likeness (QED) is 0.822. The fraction of sp³-hybridized carbons (Fsp3) is 0.417. The van der Waals surface area contributed by atoms with E-state index < -0.39 is 0 Å².